The van der Waals surface area contributed by atoms with E-state index in [1.54, 1.807) is 0 Å². The topological polar surface area (TPSA) is 26.0 Å². The number of rotatable bonds is 3. The highest BCUT2D eigenvalue weighted by atomic mass is 31.1. The number of nitrogens with two attached hydrogens (primary N) is 1. The van der Waals surface area contributed by atoms with Gasteiger partial charge in [0.15, 0.2) is 0 Å². The van der Waals surface area contributed by atoms with Gasteiger partial charge < -0.3 is 5.73 Å². The number of hydrogen-bond acceptors (Lipinski definition) is 1. The van der Waals surface area contributed by atoms with Crippen molar-refractivity contribution in [2.24, 2.45) is 5.73 Å². The molecule has 0 fully saturated rings. The van der Waals surface area contributed by atoms with Crippen molar-refractivity contribution in [1.82, 2.24) is 0 Å². The van der Waals surface area contributed by atoms with Gasteiger partial charge in [0, 0.05) is 11.7 Å². The molecule has 0 saturated heterocycles. The molecule has 2 atom stereocenters. The van der Waals surface area contributed by atoms with Crippen LogP contribution in [0.1, 0.15) is 29.3 Å². The Morgan fingerprint density at radius 2 is 1.09 bits per heavy atom. The molecule has 2 N–H and O–H groups in total. The first-order valence-corrected chi connectivity index (χ1v) is 13.5. The molecule has 6 rings (SSSR count). The van der Waals surface area contributed by atoms with E-state index in [1.807, 2.05) is 0 Å². The van der Waals surface area contributed by atoms with Crippen molar-refractivity contribution in [3.8, 4) is 11.1 Å². The second kappa shape index (κ2) is 8.41. The molecule has 1 nitrogen and oxygen atoms in total. The van der Waals surface area contributed by atoms with E-state index >= 15 is 0 Å². The second-order valence-corrected chi connectivity index (χ2v) is 11.6. The van der Waals surface area contributed by atoms with E-state index in [0.717, 1.165) is 12.3 Å². The van der Waals surface area contributed by atoms with Crippen molar-refractivity contribution in [3.05, 3.63) is 120 Å². The zero-order valence-electron chi connectivity index (χ0n) is 18.9. The Balaban J connectivity index is 1.64. The van der Waals surface area contributed by atoms with Crippen LogP contribution < -0.4 is 5.73 Å². The highest BCUT2D eigenvalue weighted by Crippen LogP contribution is 2.61. The van der Waals surface area contributed by atoms with Crippen LogP contribution >= 0.6 is 7.92 Å². The van der Waals surface area contributed by atoms with Crippen molar-refractivity contribution in [1.29, 1.82) is 0 Å². The standard InChI is InChI=1S/C31H28NP/c1-21(32)31(24-11-3-2-4-12-24)33-19-25-17-15-22-9-5-7-13-27(22)29(25)30-26(20-33)18-16-23-10-6-8-14-28(23)30/h2-18,21,31H,19-20,32H2,1H3/t21-,31-/m0/s1. The summed E-state index contributed by atoms with van der Waals surface area (Å²) in [5.41, 5.74) is 14.2. The summed E-state index contributed by atoms with van der Waals surface area (Å²) in [7, 11) is -0.386. The van der Waals surface area contributed by atoms with Gasteiger partial charge in [-0.1, -0.05) is 111 Å². The van der Waals surface area contributed by atoms with Gasteiger partial charge in [0.2, 0.25) is 0 Å². The van der Waals surface area contributed by atoms with E-state index in [1.165, 1.54) is 49.4 Å². The van der Waals surface area contributed by atoms with Crippen LogP contribution in [0.4, 0.5) is 0 Å². The van der Waals surface area contributed by atoms with Crippen LogP contribution in [0.5, 0.6) is 0 Å². The van der Waals surface area contributed by atoms with Crippen LogP contribution in [0.25, 0.3) is 32.7 Å². The molecular weight excluding hydrogens is 417 g/mol. The lowest BCUT2D eigenvalue weighted by Gasteiger charge is -2.31. The summed E-state index contributed by atoms with van der Waals surface area (Å²) in [4.78, 5) is 0. The first-order chi connectivity index (χ1) is 16.2. The first-order valence-electron chi connectivity index (χ1n) is 11.8. The quantitative estimate of drug-likeness (QED) is 0.278. The Bertz CT molecular complexity index is 1370. The van der Waals surface area contributed by atoms with E-state index in [4.69, 9.17) is 5.73 Å². The molecule has 33 heavy (non-hydrogen) atoms. The Morgan fingerprint density at radius 3 is 1.61 bits per heavy atom. The van der Waals surface area contributed by atoms with Crippen LogP contribution in [0, 0.1) is 0 Å². The van der Waals surface area contributed by atoms with Gasteiger partial charge in [-0.05, 0) is 68.6 Å². The molecule has 0 aliphatic carbocycles. The Hall–Kier alpha value is -2.99. The van der Waals surface area contributed by atoms with E-state index in [9.17, 15) is 0 Å². The summed E-state index contributed by atoms with van der Waals surface area (Å²) >= 11 is 0. The minimum Gasteiger partial charge on any atom is -0.327 e. The molecule has 2 heteroatoms. The van der Waals surface area contributed by atoms with Crippen molar-refractivity contribution in [3.63, 3.8) is 0 Å². The lowest BCUT2D eigenvalue weighted by atomic mass is 9.88. The highest BCUT2D eigenvalue weighted by Gasteiger charge is 2.31. The van der Waals surface area contributed by atoms with Gasteiger partial charge in [-0.3, -0.25) is 0 Å². The third-order valence-corrected chi connectivity index (χ3v) is 10.1. The van der Waals surface area contributed by atoms with Crippen LogP contribution in [0.3, 0.4) is 0 Å². The normalized spacial score (nSPS) is 15.6. The third-order valence-electron chi connectivity index (χ3n) is 7.06. The minimum absolute atomic E-state index is 0.115. The molecule has 0 aromatic heterocycles. The number of benzene rings is 5. The summed E-state index contributed by atoms with van der Waals surface area (Å²) in [5, 5.41) is 5.35. The smallest absolute Gasteiger partial charge is 0.0197 e. The molecule has 0 amide bonds. The molecule has 162 valence electrons. The van der Waals surface area contributed by atoms with Crippen molar-refractivity contribution in [2.75, 3.05) is 0 Å². The fourth-order valence-corrected chi connectivity index (χ4v) is 8.84. The zero-order chi connectivity index (χ0) is 22.4. The number of hydrogen-bond donors (Lipinski definition) is 1. The van der Waals surface area contributed by atoms with E-state index in [-0.39, 0.29) is 14.0 Å². The summed E-state index contributed by atoms with van der Waals surface area (Å²) < 4.78 is 0. The molecule has 0 spiro atoms. The maximum Gasteiger partial charge on any atom is 0.0197 e. The predicted molar refractivity (Wildman–Crippen MR) is 144 cm³/mol. The SMILES string of the molecule is C[C@H](N)[C@@H](c1ccccc1)P1Cc2ccc3ccccc3c2-c2c(ccc3ccccc23)C1. The fraction of sp³-hybridized carbons (Fsp3) is 0.161. The van der Waals surface area contributed by atoms with Gasteiger partial charge in [-0.2, -0.15) is 0 Å². The largest absolute Gasteiger partial charge is 0.327 e. The Kier molecular flexibility index (Phi) is 5.25. The molecular formula is C31H28NP. The van der Waals surface area contributed by atoms with Crippen molar-refractivity contribution >= 4 is 29.5 Å². The van der Waals surface area contributed by atoms with Crippen LogP contribution in [0.2, 0.25) is 0 Å². The fourth-order valence-electron chi connectivity index (χ4n) is 5.67. The Morgan fingerprint density at radius 1 is 0.606 bits per heavy atom. The molecule has 0 saturated carbocycles. The molecule has 5 aromatic carbocycles. The summed E-state index contributed by atoms with van der Waals surface area (Å²) in [6.07, 6.45) is 2.19. The van der Waals surface area contributed by atoms with Gasteiger partial charge in [-0.15, -0.1) is 0 Å². The lowest BCUT2D eigenvalue weighted by Crippen LogP contribution is -2.24. The van der Waals surface area contributed by atoms with Crippen molar-refractivity contribution < 1.29 is 0 Å². The van der Waals surface area contributed by atoms with Crippen LogP contribution in [-0.2, 0) is 12.3 Å². The van der Waals surface area contributed by atoms with E-state index in [2.05, 4.69) is 110 Å². The maximum absolute atomic E-state index is 6.69. The highest BCUT2D eigenvalue weighted by molar-refractivity contribution is 7.56. The molecule has 0 radical (unpaired) electrons. The molecule has 5 aromatic rings. The predicted octanol–water partition coefficient (Wildman–Crippen LogP) is 8.24. The van der Waals surface area contributed by atoms with Gasteiger partial charge >= 0.3 is 0 Å². The van der Waals surface area contributed by atoms with Crippen LogP contribution in [0.15, 0.2) is 103 Å². The Labute approximate surface area is 197 Å². The minimum atomic E-state index is -0.386. The summed E-state index contributed by atoms with van der Waals surface area (Å²) in [6, 6.07) is 38.2. The summed E-state index contributed by atoms with van der Waals surface area (Å²) in [6.45, 7) is 2.19. The van der Waals surface area contributed by atoms with Crippen LogP contribution in [-0.4, -0.2) is 6.04 Å². The monoisotopic (exact) mass is 445 g/mol. The average Bonchev–Trinajstić information content (AvgIpc) is 3.01. The van der Waals surface area contributed by atoms with Gasteiger partial charge in [0.05, 0.1) is 0 Å². The third kappa shape index (κ3) is 3.57. The van der Waals surface area contributed by atoms with Gasteiger partial charge in [-0.25, -0.2) is 0 Å². The zero-order valence-corrected chi connectivity index (χ0v) is 19.8. The molecule has 0 bridgehead atoms. The maximum atomic E-state index is 6.69. The van der Waals surface area contributed by atoms with Crippen molar-refractivity contribution in [2.45, 2.75) is 30.9 Å². The first kappa shape index (κ1) is 20.6. The van der Waals surface area contributed by atoms with Gasteiger partial charge in [0.1, 0.15) is 0 Å². The summed E-state index contributed by atoms with van der Waals surface area (Å²) in [5.74, 6) is 0. The lowest BCUT2D eigenvalue weighted by molar-refractivity contribution is 0.709. The van der Waals surface area contributed by atoms with E-state index < -0.39 is 0 Å². The molecule has 0 unspecified atom stereocenters. The van der Waals surface area contributed by atoms with E-state index in [0.29, 0.717) is 5.66 Å². The molecule has 1 aliphatic heterocycles. The second-order valence-electron chi connectivity index (χ2n) is 9.26. The number of fused-ring (bicyclic) bond motifs is 7. The molecule has 1 aliphatic rings. The van der Waals surface area contributed by atoms with Gasteiger partial charge in [0.25, 0.3) is 0 Å². The molecule has 1 heterocycles. The average molecular weight is 446 g/mol.